The monoisotopic (exact) mass is 736 g/mol. The summed E-state index contributed by atoms with van der Waals surface area (Å²) in [6, 6.07) is 70.0. The second-order valence-corrected chi connectivity index (χ2v) is 14.6. The lowest BCUT2D eigenvalue weighted by atomic mass is 9.86. The molecular formula is C54H32N4. The van der Waals surface area contributed by atoms with Crippen molar-refractivity contribution in [1.29, 1.82) is 5.26 Å². The predicted octanol–water partition coefficient (Wildman–Crippen LogP) is 13.7. The predicted molar refractivity (Wildman–Crippen MR) is 237 cm³/mol. The molecule has 0 fully saturated rings. The van der Waals surface area contributed by atoms with Crippen LogP contribution in [0.3, 0.4) is 0 Å². The fourth-order valence-corrected chi connectivity index (χ4v) is 8.62. The molecule has 0 spiro atoms. The Morgan fingerprint density at radius 2 is 0.741 bits per heavy atom. The average Bonchev–Trinajstić information content (AvgIpc) is 3.63. The molecule has 4 heteroatoms. The van der Waals surface area contributed by atoms with Crippen molar-refractivity contribution in [2.45, 2.75) is 0 Å². The van der Waals surface area contributed by atoms with Crippen LogP contribution >= 0.6 is 0 Å². The number of hydrogen-bond acceptors (Lipinski definition) is 4. The Labute approximate surface area is 336 Å². The topological polar surface area (TPSA) is 62.5 Å². The first kappa shape index (κ1) is 33.3. The van der Waals surface area contributed by atoms with Crippen molar-refractivity contribution in [3.63, 3.8) is 0 Å². The molecule has 0 amide bonds. The molecule has 0 unspecified atom stereocenters. The Balaban J connectivity index is 1.14. The highest BCUT2D eigenvalue weighted by Crippen LogP contribution is 2.53. The Hall–Kier alpha value is -8.00. The zero-order valence-electron chi connectivity index (χ0n) is 31.3. The minimum Gasteiger partial charge on any atom is -0.208 e. The van der Waals surface area contributed by atoms with E-state index in [9.17, 15) is 5.26 Å². The number of aromatic nitrogens is 3. The molecule has 268 valence electrons. The molecule has 1 heterocycles. The van der Waals surface area contributed by atoms with Crippen molar-refractivity contribution < 1.29 is 0 Å². The summed E-state index contributed by atoms with van der Waals surface area (Å²) in [6.45, 7) is 0. The van der Waals surface area contributed by atoms with Crippen molar-refractivity contribution in [3.8, 4) is 95.9 Å². The van der Waals surface area contributed by atoms with Gasteiger partial charge in [-0.25, -0.2) is 15.0 Å². The first-order valence-corrected chi connectivity index (χ1v) is 19.4. The van der Waals surface area contributed by atoms with Gasteiger partial charge in [0.1, 0.15) is 0 Å². The van der Waals surface area contributed by atoms with Gasteiger partial charge in [-0.15, -0.1) is 0 Å². The summed E-state index contributed by atoms with van der Waals surface area (Å²) in [5.74, 6) is 1.90. The maximum absolute atomic E-state index is 9.42. The fraction of sp³-hybridized carbons (Fsp3) is 0. The lowest BCUT2D eigenvalue weighted by Gasteiger charge is -2.18. The van der Waals surface area contributed by atoms with E-state index < -0.39 is 0 Å². The van der Waals surface area contributed by atoms with Crippen molar-refractivity contribution >= 4 is 21.5 Å². The van der Waals surface area contributed by atoms with E-state index in [-0.39, 0.29) is 0 Å². The van der Waals surface area contributed by atoms with Crippen molar-refractivity contribution in [2.24, 2.45) is 0 Å². The van der Waals surface area contributed by atoms with E-state index in [1.165, 1.54) is 44.2 Å². The van der Waals surface area contributed by atoms with Gasteiger partial charge in [0, 0.05) is 16.7 Å². The molecule has 0 bridgehead atoms. The third-order valence-corrected chi connectivity index (χ3v) is 11.3. The molecule has 1 aliphatic rings. The SMILES string of the molecule is N#Cc1ccc(-c2cccc(-c3ccc4c5c(ccc(-c6ccc(-c7nc(-c8ccccc8)nc(-c8ccccc8)n7)c7ccccc67)c35)-c3ccccc3-4)c2)cc1. The molecule has 11 rings (SSSR count). The van der Waals surface area contributed by atoms with Crippen molar-refractivity contribution in [3.05, 3.63) is 200 Å². The van der Waals surface area contributed by atoms with Crippen molar-refractivity contribution in [2.75, 3.05) is 0 Å². The highest BCUT2D eigenvalue weighted by molar-refractivity contribution is 6.24. The summed E-state index contributed by atoms with van der Waals surface area (Å²) in [7, 11) is 0. The molecule has 4 nitrogen and oxygen atoms in total. The van der Waals surface area contributed by atoms with Crippen LogP contribution in [0.2, 0.25) is 0 Å². The first-order chi connectivity index (χ1) is 28.7. The summed E-state index contributed by atoms with van der Waals surface area (Å²) in [6.07, 6.45) is 0. The standard InChI is InChI=1S/C54H32N4/c55-33-34-22-24-35(25-23-34)38-16-11-17-39(32-38)40-26-28-46-42-19-8-9-20-43(42)47-29-30-48(50(40)51(46)47)45-27-31-49(44-21-10-7-18-41(44)45)54-57-52(36-12-3-1-4-13-36)56-53(58-54)37-14-5-2-6-15-37/h1-32H. The highest BCUT2D eigenvalue weighted by atomic mass is 15.0. The summed E-state index contributed by atoms with van der Waals surface area (Å²) in [5, 5.41) is 14.1. The van der Waals surface area contributed by atoms with E-state index in [2.05, 4.69) is 115 Å². The van der Waals surface area contributed by atoms with Gasteiger partial charge in [-0.3, -0.25) is 0 Å². The zero-order chi connectivity index (χ0) is 38.6. The maximum atomic E-state index is 9.42. The van der Waals surface area contributed by atoms with Crippen LogP contribution in [0.4, 0.5) is 0 Å². The number of rotatable bonds is 6. The van der Waals surface area contributed by atoms with E-state index in [0.717, 1.165) is 49.7 Å². The molecule has 0 saturated carbocycles. The second kappa shape index (κ2) is 13.6. The lowest BCUT2D eigenvalue weighted by molar-refractivity contribution is 1.08. The zero-order valence-corrected chi connectivity index (χ0v) is 31.3. The van der Waals surface area contributed by atoms with Crippen LogP contribution in [0.15, 0.2) is 194 Å². The minimum absolute atomic E-state index is 0.631. The smallest absolute Gasteiger partial charge is 0.164 e. The molecular weight excluding hydrogens is 705 g/mol. The summed E-state index contributed by atoms with van der Waals surface area (Å²) in [5.41, 5.74) is 15.3. The van der Waals surface area contributed by atoms with Gasteiger partial charge in [0.05, 0.1) is 11.6 Å². The highest BCUT2D eigenvalue weighted by Gasteiger charge is 2.26. The van der Waals surface area contributed by atoms with Gasteiger partial charge in [0.15, 0.2) is 17.5 Å². The Morgan fingerprint density at radius 1 is 0.293 bits per heavy atom. The summed E-state index contributed by atoms with van der Waals surface area (Å²) < 4.78 is 0. The van der Waals surface area contributed by atoms with Crippen LogP contribution in [0, 0.1) is 11.3 Å². The van der Waals surface area contributed by atoms with Crippen LogP contribution in [-0.4, -0.2) is 15.0 Å². The van der Waals surface area contributed by atoms with Gasteiger partial charge in [0.25, 0.3) is 0 Å². The van der Waals surface area contributed by atoms with Gasteiger partial charge in [-0.2, -0.15) is 5.26 Å². The summed E-state index contributed by atoms with van der Waals surface area (Å²) in [4.78, 5) is 15.2. The molecule has 1 aliphatic carbocycles. The normalized spacial score (nSPS) is 11.4. The molecule has 0 saturated heterocycles. The molecule has 1 aromatic heterocycles. The quantitative estimate of drug-likeness (QED) is 0.170. The first-order valence-electron chi connectivity index (χ1n) is 19.4. The molecule has 0 radical (unpaired) electrons. The summed E-state index contributed by atoms with van der Waals surface area (Å²) >= 11 is 0. The number of benzene rings is 9. The van der Waals surface area contributed by atoms with Crippen LogP contribution in [0.25, 0.3) is 111 Å². The van der Waals surface area contributed by atoms with Gasteiger partial charge >= 0.3 is 0 Å². The van der Waals surface area contributed by atoms with E-state index in [0.29, 0.717) is 23.0 Å². The number of fused-ring (bicyclic) bond motifs is 4. The molecule has 0 N–H and O–H groups in total. The van der Waals surface area contributed by atoms with Crippen molar-refractivity contribution in [1.82, 2.24) is 15.0 Å². The molecule has 58 heavy (non-hydrogen) atoms. The van der Waals surface area contributed by atoms with E-state index in [1.807, 2.05) is 84.9 Å². The van der Waals surface area contributed by atoms with Crippen LogP contribution in [0.1, 0.15) is 5.56 Å². The van der Waals surface area contributed by atoms with E-state index in [1.54, 1.807) is 0 Å². The average molecular weight is 737 g/mol. The largest absolute Gasteiger partial charge is 0.208 e. The Kier molecular flexibility index (Phi) is 7.84. The minimum atomic E-state index is 0.631. The van der Waals surface area contributed by atoms with Crippen LogP contribution in [0.5, 0.6) is 0 Å². The second-order valence-electron chi connectivity index (χ2n) is 14.6. The molecule has 0 atom stereocenters. The Bertz CT molecular complexity index is 3190. The van der Waals surface area contributed by atoms with E-state index >= 15 is 0 Å². The number of nitriles is 1. The number of nitrogens with zero attached hydrogens (tertiary/aromatic N) is 4. The third kappa shape index (κ3) is 5.49. The van der Waals surface area contributed by atoms with Gasteiger partial charge in [-0.1, -0.05) is 170 Å². The third-order valence-electron chi connectivity index (χ3n) is 11.3. The maximum Gasteiger partial charge on any atom is 0.164 e. The fourth-order valence-electron chi connectivity index (χ4n) is 8.62. The number of hydrogen-bond donors (Lipinski definition) is 0. The van der Waals surface area contributed by atoms with Gasteiger partial charge < -0.3 is 0 Å². The van der Waals surface area contributed by atoms with Crippen LogP contribution < -0.4 is 0 Å². The van der Waals surface area contributed by atoms with Gasteiger partial charge in [-0.05, 0) is 101 Å². The van der Waals surface area contributed by atoms with Crippen LogP contribution in [-0.2, 0) is 0 Å². The molecule has 9 aromatic carbocycles. The molecule has 0 aliphatic heterocycles. The van der Waals surface area contributed by atoms with E-state index in [4.69, 9.17) is 15.0 Å². The Morgan fingerprint density at radius 3 is 1.36 bits per heavy atom. The lowest BCUT2D eigenvalue weighted by Crippen LogP contribution is -2.00. The van der Waals surface area contributed by atoms with Gasteiger partial charge in [0.2, 0.25) is 0 Å². The molecule has 10 aromatic rings.